The van der Waals surface area contributed by atoms with Gasteiger partial charge < -0.3 is 0 Å². The smallest absolute Gasteiger partial charge is 0.0433 e. The highest BCUT2D eigenvalue weighted by Crippen LogP contribution is 2.42. The van der Waals surface area contributed by atoms with Gasteiger partial charge in [0.1, 0.15) is 0 Å². The van der Waals surface area contributed by atoms with Crippen LogP contribution in [0, 0.1) is 0 Å². The van der Waals surface area contributed by atoms with E-state index in [2.05, 4.69) is 231 Å². The molecule has 11 aromatic carbocycles. The maximum absolute atomic E-state index is 2.38. The van der Waals surface area contributed by atoms with Gasteiger partial charge in [0.25, 0.3) is 0 Å². The van der Waals surface area contributed by atoms with Crippen molar-refractivity contribution in [2.45, 2.75) is 0 Å². The maximum atomic E-state index is 2.38. The maximum Gasteiger partial charge on any atom is 0.0433 e. The van der Waals surface area contributed by atoms with E-state index < -0.39 is 0 Å². The van der Waals surface area contributed by atoms with Crippen molar-refractivity contribution < 1.29 is 0 Å². The van der Waals surface area contributed by atoms with Crippen molar-refractivity contribution in [3.05, 3.63) is 231 Å². The van der Waals surface area contributed by atoms with E-state index in [1.54, 1.807) is 0 Å². The molecule has 0 atom stereocenters. The third-order valence-corrected chi connectivity index (χ3v) is 13.7. The molecule has 0 fully saturated rings. The summed E-state index contributed by atoms with van der Waals surface area (Å²) in [5.74, 6) is 0. The number of benzene rings is 11. The highest BCUT2D eigenvalue weighted by atomic mass is 32.1. The molecule has 0 nitrogen and oxygen atoms in total. The fourth-order valence-corrected chi connectivity index (χ4v) is 10.7. The Labute approximate surface area is 359 Å². The molecule has 0 aliphatic heterocycles. The quantitative estimate of drug-likeness (QED) is 0.147. The van der Waals surface area contributed by atoms with Gasteiger partial charge in [0.2, 0.25) is 0 Å². The Morgan fingerprint density at radius 1 is 0.197 bits per heavy atom. The first-order valence-corrected chi connectivity index (χ1v) is 21.8. The van der Waals surface area contributed by atoms with Crippen LogP contribution in [0.3, 0.4) is 0 Å². The topological polar surface area (TPSA) is 0 Å². The molecular formula is C60H38S. The first-order valence-electron chi connectivity index (χ1n) is 21.0. The van der Waals surface area contributed by atoms with Gasteiger partial charge in [-0.15, -0.1) is 11.3 Å². The number of thiophene rings is 1. The standard InChI is InChI=1S/C60H38S/c1-2-25-53-51(23-1)52-24-3-4-26-54(52)58-38-48(31-32-55(53)58)46-20-10-18-44(36-46)42-16-8-14-40(34-42)39-13-7-15-41(33-39)43-17-9-19-45(35-43)47-21-11-22-49(37-47)50-28-12-29-57-56-27-5-6-30-59(56)61-60(50)57/h1-38H. The van der Waals surface area contributed by atoms with E-state index in [9.17, 15) is 0 Å². The third kappa shape index (κ3) is 6.22. The molecule has 1 heterocycles. The van der Waals surface area contributed by atoms with Crippen molar-refractivity contribution in [3.8, 4) is 66.8 Å². The fourth-order valence-electron chi connectivity index (χ4n) is 9.44. The molecule has 0 spiro atoms. The molecule has 0 aliphatic carbocycles. The van der Waals surface area contributed by atoms with Crippen LogP contribution in [-0.2, 0) is 0 Å². The summed E-state index contributed by atoms with van der Waals surface area (Å²) in [4.78, 5) is 0. The van der Waals surface area contributed by atoms with E-state index in [1.807, 2.05) is 11.3 Å². The summed E-state index contributed by atoms with van der Waals surface area (Å²) in [6.45, 7) is 0. The van der Waals surface area contributed by atoms with Gasteiger partial charge in [-0.25, -0.2) is 0 Å². The van der Waals surface area contributed by atoms with Gasteiger partial charge >= 0.3 is 0 Å². The molecule has 1 aromatic heterocycles. The van der Waals surface area contributed by atoms with Gasteiger partial charge in [-0.2, -0.15) is 0 Å². The van der Waals surface area contributed by atoms with Crippen LogP contribution in [0.5, 0.6) is 0 Å². The Morgan fingerprint density at radius 3 is 1.00 bits per heavy atom. The second kappa shape index (κ2) is 14.6. The lowest BCUT2D eigenvalue weighted by atomic mass is 9.91. The molecule has 0 bridgehead atoms. The molecule has 0 saturated carbocycles. The normalized spacial score (nSPS) is 11.6. The molecule has 0 unspecified atom stereocenters. The summed E-state index contributed by atoms with van der Waals surface area (Å²) in [7, 11) is 0. The van der Waals surface area contributed by atoms with Crippen LogP contribution >= 0.6 is 11.3 Å². The summed E-state index contributed by atoms with van der Waals surface area (Å²) >= 11 is 1.88. The van der Waals surface area contributed by atoms with Crippen molar-refractivity contribution in [2.75, 3.05) is 0 Å². The molecule has 284 valence electrons. The zero-order valence-corrected chi connectivity index (χ0v) is 34.2. The highest BCUT2D eigenvalue weighted by molar-refractivity contribution is 7.26. The van der Waals surface area contributed by atoms with Crippen molar-refractivity contribution in [1.29, 1.82) is 0 Å². The Morgan fingerprint density at radius 2 is 0.525 bits per heavy atom. The fraction of sp³-hybridized carbons (Fsp3) is 0. The minimum Gasteiger partial charge on any atom is -0.135 e. The lowest BCUT2D eigenvalue weighted by molar-refractivity contribution is 1.56. The molecular weight excluding hydrogens is 753 g/mol. The van der Waals surface area contributed by atoms with E-state index in [-0.39, 0.29) is 0 Å². The highest BCUT2D eigenvalue weighted by Gasteiger charge is 2.13. The van der Waals surface area contributed by atoms with Crippen molar-refractivity contribution in [1.82, 2.24) is 0 Å². The molecule has 0 saturated heterocycles. The monoisotopic (exact) mass is 790 g/mol. The summed E-state index contributed by atoms with van der Waals surface area (Å²) in [5.41, 5.74) is 14.6. The Bertz CT molecular complexity index is 3620. The molecule has 0 radical (unpaired) electrons. The van der Waals surface area contributed by atoms with Crippen LogP contribution in [0.4, 0.5) is 0 Å². The summed E-state index contributed by atoms with van der Waals surface area (Å²) in [5, 5.41) is 10.4. The lowest BCUT2D eigenvalue weighted by Gasteiger charge is -2.13. The summed E-state index contributed by atoms with van der Waals surface area (Å²) < 4.78 is 2.67. The zero-order chi connectivity index (χ0) is 40.3. The van der Waals surface area contributed by atoms with Gasteiger partial charge in [-0.3, -0.25) is 0 Å². The van der Waals surface area contributed by atoms with E-state index in [0.717, 1.165) is 0 Å². The number of rotatable bonds is 6. The van der Waals surface area contributed by atoms with Crippen LogP contribution in [0.2, 0.25) is 0 Å². The number of hydrogen-bond donors (Lipinski definition) is 0. The van der Waals surface area contributed by atoms with Gasteiger partial charge in [-0.05, 0) is 142 Å². The Balaban J connectivity index is 0.855. The molecule has 0 amide bonds. The van der Waals surface area contributed by atoms with Crippen LogP contribution in [0.25, 0.3) is 119 Å². The van der Waals surface area contributed by atoms with E-state index in [0.29, 0.717) is 0 Å². The molecule has 1 heteroatoms. The summed E-state index contributed by atoms with van der Waals surface area (Å²) in [6.07, 6.45) is 0. The van der Waals surface area contributed by atoms with Gasteiger partial charge in [0, 0.05) is 20.2 Å². The van der Waals surface area contributed by atoms with E-state index in [1.165, 1.54) is 119 Å². The van der Waals surface area contributed by atoms with Crippen LogP contribution in [0.15, 0.2) is 231 Å². The molecule has 12 aromatic rings. The molecule has 0 aliphatic rings. The van der Waals surface area contributed by atoms with Crippen molar-refractivity contribution >= 4 is 63.8 Å². The second-order valence-corrected chi connectivity index (χ2v) is 17.1. The average molecular weight is 791 g/mol. The average Bonchev–Trinajstić information content (AvgIpc) is 3.73. The predicted octanol–water partition coefficient (Wildman–Crippen LogP) is 17.5. The van der Waals surface area contributed by atoms with Crippen LogP contribution in [-0.4, -0.2) is 0 Å². The lowest BCUT2D eigenvalue weighted by Crippen LogP contribution is -1.86. The Hall–Kier alpha value is -7.58. The Kier molecular flexibility index (Phi) is 8.47. The largest absolute Gasteiger partial charge is 0.135 e. The number of fused-ring (bicyclic) bond motifs is 9. The first-order chi connectivity index (χ1) is 30.2. The van der Waals surface area contributed by atoms with E-state index >= 15 is 0 Å². The van der Waals surface area contributed by atoms with E-state index in [4.69, 9.17) is 0 Å². The van der Waals surface area contributed by atoms with Crippen LogP contribution < -0.4 is 0 Å². The number of hydrogen-bond acceptors (Lipinski definition) is 1. The third-order valence-electron chi connectivity index (χ3n) is 12.4. The molecule has 0 N–H and O–H groups in total. The van der Waals surface area contributed by atoms with Crippen molar-refractivity contribution in [2.24, 2.45) is 0 Å². The SMILES string of the molecule is c1cc(-c2cccc(-c3cccc(-c4ccc5c6ccccc6c6ccccc6c5c4)c3)c2)cc(-c2cccc(-c3cccc(-c4cccc5c4sc4ccccc45)c3)c2)c1. The molecule has 12 rings (SSSR count). The predicted molar refractivity (Wildman–Crippen MR) is 264 cm³/mol. The minimum absolute atomic E-state index is 1.20. The van der Waals surface area contributed by atoms with Gasteiger partial charge in [0.15, 0.2) is 0 Å². The summed E-state index contributed by atoms with van der Waals surface area (Å²) in [6, 6.07) is 84.9. The first kappa shape index (κ1) is 35.4. The zero-order valence-electron chi connectivity index (χ0n) is 33.3. The minimum atomic E-state index is 1.20. The van der Waals surface area contributed by atoms with Gasteiger partial charge in [0.05, 0.1) is 0 Å². The van der Waals surface area contributed by atoms with Crippen LogP contribution in [0.1, 0.15) is 0 Å². The van der Waals surface area contributed by atoms with Crippen molar-refractivity contribution in [3.63, 3.8) is 0 Å². The second-order valence-electron chi connectivity index (χ2n) is 16.0. The molecule has 61 heavy (non-hydrogen) atoms. The van der Waals surface area contributed by atoms with Gasteiger partial charge in [-0.1, -0.05) is 188 Å².